The first-order valence-corrected chi connectivity index (χ1v) is 10.8. The van der Waals surface area contributed by atoms with Crippen LogP contribution in [0.4, 0.5) is 4.79 Å². The lowest BCUT2D eigenvalue weighted by Crippen LogP contribution is -2.51. The van der Waals surface area contributed by atoms with Crippen molar-refractivity contribution in [2.45, 2.75) is 25.5 Å². The molecule has 0 aromatic carbocycles. The first-order valence-electron chi connectivity index (χ1n) is 8.93. The minimum absolute atomic E-state index is 0.0480. The molecule has 1 saturated heterocycles. The molecule has 0 bridgehead atoms. The molecular formula is C17H23N5O3S2. The molecule has 3 heterocycles. The zero-order valence-corrected chi connectivity index (χ0v) is 17.1. The highest BCUT2D eigenvalue weighted by Gasteiger charge is 2.25. The Hall–Kier alpha value is -2.07. The van der Waals surface area contributed by atoms with Gasteiger partial charge in [0.1, 0.15) is 0 Å². The second-order valence-corrected chi connectivity index (χ2v) is 7.77. The number of hydrogen-bond acceptors (Lipinski definition) is 7. The van der Waals surface area contributed by atoms with Crippen LogP contribution in [0.2, 0.25) is 0 Å². The maximum atomic E-state index is 12.5. The molecule has 1 aliphatic rings. The van der Waals surface area contributed by atoms with E-state index in [2.05, 4.69) is 10.2 Å². The summed E-state index contributed by atoms with van der Waals surface area (Å²) in [5, 5.41) is 11.3. The minimum atomic E-state index is -0.309. The molecule has 0 atom stereocenters. The molecule has 0 N–H and O–H groups in total. The molecule has 1 fully saturated rings. The van der Waals surface area contributed by atoms with Crippen molar-refractivity contribution >= 4 is 35.1 Å². The van der Waals surface area contributed by atoms with Gasteiger partial charge in [0, 0.05) is 32.7 Å². The highest BCUT2D eigenvalue weighted by atomic mass is 32.2. The summed E-state index contributed by atoms with van der Waals surface area (Å²) in [5.41, 5.74) is 0. The van der Waals surface area contributed by atoms with Crippen LogP contribution >= 0.6 is 23.1 Å². The Labute approximate surface area is 166 Å². The molecule has 2 aromatic heterocycles. The van der Waals surface area contributed by atoms with Gasteiger partial charge in [-0.15, -0.1) is 21.5 Å². The molecule has 146 valence electrons. The Morgan fingerprint density at radius 3 is 2.56 bits per heavy atom. The number of thiophene rings is 1. The standard InChI is InChI=1S/C17H23N5O3S2/c1-3-22-15(13-6-5-11-26-13)18-19-16(22)27-12-14(23)20-7-9-21(10-8-20)17(24)25-4-2/h5-6,11H,3-4,7-10,12H2,1-2H3. The number of amides is 2. The molecule has 0 radical (unpaired) electrons. The predicted octanol–water partition coefficient (Wildman–Crippen LogP) is 2.42. The minimum Gasteiger partial charge on any atom is -0.450 e. The zero-order valence-electron chi connectivity index (χ0n) is 15.5. The van der Waals surface area contributed by atoms with Crippen LogP contribution in [-0.4, -0.2) is 75.1 Å². The molecule has 0 unspecified atom stereocenters. The fraction of sp³-hybridized carbons (Fsp3) is 0.529. The zero-order chi connectivity index (χ0) is 19.2. The third kappa shape index (κ3) is 4.62. The molecule has 8 nitrogen and oxygen atoms in total. The van der Waals surface area contributed by atoms with Gasteiger partial charge >= 0.3 is 6.09 Å². The fourth-order valence-electron chi connectivity index (χ4n) is 2.84. The van der Waals surface area contributed by atoms with Crippen LogP contribution in [0.25, 0.3) is 10.7 Å². The van der Waals surface area contributed by atoms with E-state index in [1.807, 2.05) is 29.0 Å². The van der Waals surface area contributed by atoms with Crippen LogP contribution in [0.1, 0.15) is 13.8 Å². The van der Waals surface area contributed by atoms with E-state index in [0.29, 0.717) is 38.5 Å². The number of carbonyl (C=O) groups excluding carboxylic acids is 2. The summed E-state index contributed by atoms with van der Waals surface area (Å²) in [6.07, 6.45) is -0.309. The first-order chi connectivity index (χ1) is 13.1. The van der Waals surface area contributed by atoms with Gasteiger partial charge in [0.2, 0.25) is 5.91 Å². The normalized spacial score (nSPS) is 14.4. The number of carbonyl (C=O) groups is 2. The lowest BCUT2D eigenvalue weighted by Gasteiger charge is -2.34. The van der Waals surface area contributed by atoms with Gasteiger partial charge < -0.3 is 19.1 Å². The smallest absolute Gasteiger partial charge is 0.409 e. The molecule has 0 spiro atoms. The lowest BCUT2D eigenvalue weighted by molar-refractivity contribution is -0.129. The monoisotopic (exact) mass is 409 g/mol. The summed E-state index contributed by atoms with van der Waals surface area (Å²) in [5.74, 6) is 1.19. The molecule has 2 aromatic rings. The summed E-state index contributed by atoms with van der Waals surface area (Å²) in [7, 11) is 0. The topological polar surface area (TPSA) is 80.6 Å². The number of thioether (sulfide) groups is 1. The van der Waals surface area contributed by atoms with Crippen LogP contribution in [0.3, 0.4) is 0 Å². The van der Waals surface area contributed by atoms with Crippen molar-refractivity contribution in [2.75, 3.05) is 38.5 Å². The molecule has 3 rings (SSSR count). The maximum absolute atomic E-state index is 12.5. The van der Waals surface area contributed by atoms with E-state index in [-0.39, 0.29) is 12.0 Å². The third-order valence-electron chi connectivity index (χ3n) is 4.26. The summed E-state index contributed by atoms with van der Waals surface area (Å²) >= 11 is 3.03. The summed E-state index contributed by atoms with van der Waals surface area (Å²) in [6, 6.07) is 4.00. The van der Waals surface area contributed by atoms with Crippen molar-refractivity contribution in [3.05, 3.63) is 17.5 Å². The van der Waals surface area contributed by atoms with Gasteiger partial charge in [-0.2, -0.15) is 0 Å². The van der Waals surface area contributed by atoms with Gasteiger partial charge in [-0.05, 0) is 25.3 Å². The largest absolute Gasteiger partial charge is 0.450 e. The molecule has 1 aliphatic heterocycles. The Morgan fingerprint density at radius 1 is 1.19 bits per heavy atom. The van der Waals surface area contributed by atoms with E-state index in [4.69, 9.17) is 4.74 Å². The summed E-state index contributed by atoms with van der Waals surface area (Å²) < 4.78 is 7.03. The number of nitrogens with zero attached hydrogens (tertiary/aromatic N) is 5. The van der Waals surface area contributed by atoms with Gasteiger partial charge in [-0.3, -0.25) is 4.79 Å². The van der Waals surface area contributed by atoms with Crippen molar-refractivity contribution in [1.29, 1.82) is 0 Å². The van der Waals surface area contributed by atoms with Gasteiger partial charge in [0.25, 0.3) is 0 Å². The Balaban J connectivity index is 1.54. The summed E-state index contributed by atoms with van der Waals surface area (Å²) in [6.45, 7) is 6.99. The Kier molecular flexibility index (Phi) is 6.73. The predicted molar refractivity (Wildman–Crippen MR) is 105 cm³/mol. The summed E-state index contributed by atoms with van der Waals surface area (Å²) in [4.78, 5) is 28.8. The fourth-order valence-corrected chi connectivity index (χ4v) is 4.46. The van der Waals surface area contributed by atoms with Crippen molar-refractivity contribution in [1.82, 2.24) is 24.6 Å². The van der Waals surface area contributed by atoms with Crippen LogP contribution in [-0.2, 0) is 16.1 Å². The molecule has 10 heteroatoms. The molecule has 2 amide bonds. The number of piperazine rings is 1. The van der Waals surface area contributed by atoms with Crippen molar-refractivity contribution < 1.29 is 14.3 Å². The van der Waals surface area contributed by atoms with Crippen LogP contribution in [0.5, 0.6) is 0 Å². The molecule has 27 heavy (non-hydrogen) atoms. The molecular weight excluding hydrogens is 386 g/mol. The number of ether oxygens (including phenoxy) is 1. The Bertz CT molecular complexity index is 770. The molecule has 0 aliphatic carbocycles. The molecule has 0 saturated carbocycles. The van der Waals surface area contributed by atoms with Crippen LogP contribution in [0.15, 0.2) is 22.7 Å². The Morgan fingerprint density at radius 2 is 1.93 bits per heavy atom. The average Bonchev–Trinajstić information content (AvgIpc) is 3.35. The number of rotatable bonds is 6. The number of hydrogen-bond donors (Lipinski definition) is 0. The van der Waals surface area contributed by atoms with Crippen LogP contribution < -0.4 is 0 Å². The van der Waals surface area contributed by atoms with E-state index in [1.165, 1.54) is 11.8 Å². The van der Waals surface area contributed by atoms with Gasteiger partial charge in [0.15, 0.2) is 11.0 Å². The number of aromatic nitrogens is 3. The highest BCUT2D eigenvalue weighted by Crippen LogP contribution is 2.27. The third-order valence-corrected chi connectivity index (χ3v) is 6.08. The van der Waals surface area contributed by atoms with E-state index in [9.17, 15) is 9.59 Å². The first kappa shape index (κ1) is 19.7. The average molecular weight is 410 g/mol. The van der Waals surface area contributed by atoms with Gasteiger partial charge in [0.05, 0.1) is 17.2 Å². The van der Waals surface area contributed by atoms with E-state index in [0.717, 1.165) is 22.4 Å². The second kappa shape index (κ2) is 9.23. The van der Waals surface area contributed by atoms with Crippen molar-refractivity contribution in [2.24, 2.45) is 0 Å². The van der Waals surface area contributed by atoms with Crippen molar-refractivity contribution in [3.63, 3.8) is 0 Å². The van der Waals surface area contributed by atoms with E-state index < -0.39 is 0 Å². The quantitative estimate of drug-likeness (QED) is 0.682. The second-order valence-electron chi connectivity index (χ2n) is 5.88. The van der Waals surface area contributed by atoms with Crippen LogP contribution in [0, 0.1) is 0 Å². The van der Waals surface area contributed by atoms with Gasteiger partial charge in [-0.25, -0.2) is 4.79 Å². The highest BCUT2D eigenvalue weighted by molar-refractivity contribution is 7.99. The lowest BCUT2D eigenvalue weighted by atomic mass is 10.3. The van der Waals surface area contributed by atoms with E-state index >= 15 is 0 Å². The SMILES string of the molecule is CCOC(=O)N1CCN(C(=O)CSc2nnc(-c3cccs3)n2CC)CC1. The van der Waals surface area contributed by atoms with E-state index in [1.54, 1.807) is 28.1 Å². The van der Waals surface area contributed by atoms with Gasteiger partial charge in [-0.1, -0.05) is 17.8 Å². The van der Waals surface area contributed by atoms with Crippen molar-refractivity contribution in [3.8, 4) is 10.7 Å². The maximum Gasteiger partial charge on any atom is 0.409 e.